The summed E-state index contributed by atoms with van der Waals surface area (Å²) in [5.41, 5.74) is 1.16. The van der Waals surface area contributed by atoms with Gasteiger partial charge in [0.05, 0.1) is 71.3 Å². The Morgan fingerprint density at radius 3 is 2.05 bits per heavy atom. The molecule has 6 aromatic carbocycles. The van der Waals surface area contributed by atoms with Crippen LogP contribution in [0.2, 0.25) is 0 Å². The molecule has 6 N–H and O–H groups in total. The number of rotatable bonds is 38. The number of unbranched alkanes of at least 4 members (excludes halogenated alkanes) is 13. The Morgan fingerprint density at radius 2 is 1.36 bits per heavy atom. The molecule has 0 saturated carbocycles. The van der Waals surface area contributed by atoms with Crippen LogP contribution < -0.4 is 37.3 Å². The van der Waals surface area contributed by atoms with Crippen molar-refractivity contribution in [1.29, 1.82) is 5.26 Å². The third kappa shape index (κ3) is 20.6. The Kier molecular flexibility index (Phi) is 27.1. The number of nitrogens with one attached hydrogen (secondary N) is 4. The number of phenolic OH excluding ortho intramolecular Hbond substituents is 2. The molecule has 0 saturated heterocycles. The Balaban J connectivity index is 1.10. The smallest absolute Gasteiger partial charge is 0.316 e. The van der Waals surface area contributed by atoms with Gasteiger partial charge in [-0.05, 0) is 79.6 Å². The fourth-order valence-corrected chi connectivity index (χ4v) is 11.4. The van der Waals surface area contributed by atoms with Crippen LogP contribution in [0.1, 0.15) is 121 Å². The van der Waals surface area contributed by atoms with Crippen molar-refractivity contribution in [2.24, 2.45) is 10.2 Å². The van der Waals surface area contributed by atoms with Crippen molar-refractivity contribution in [3.8, 4) is 40.6 Å². The normalized spacial score (nSPS) is 12.1. The summed E-state index contributed by atoms with van der Waals surface area (Å²) in [5.74, 6) is -0.493. The molecule has 2 unspecified atom stereocenters. The van der Waals surface area contributed by atoms with Crippen LogP contribution >= 0.6 is 12.0 Å². The van der Waals surface area contributed by atoms with Crippen LogP contribution in [0.25, 0.3) is 10.8 Å². The molecule has 2 atom stereocenters. The van der Waals surface area contributed by atoms with Gasteiger partial charge in [0.25, 0.3) is 10.0 Å². The van der Waals surface area contributed by atoms with Crippen LogP contribution in [0.5, 0.6) is 34.5 Å². The molecule has 0 fully saturated rings. The van der Waals surface area contributed by atoms with Crippen LogP contribution in [-0.2, 0) is 51.3 Å². The highest BCUT2D eigenvalue weighted by molar-refractivity contribution is 7.94. The summed E-state index contributed by atoms with van der Waals surface area (Å²) in [4.78, 5) is 17.4. The number of phenols is 2. The number of carbonyl (C=O) groups is 1. The number of anilines is 4. The average Bonchev–Trinajstić information content (AvgIpc) is 2.08. The van der Waals surface area contributed by atoms with Crippen molar-refractivity contribution in [2.45, 2.75) is 127 Å². The number of ether oxygens (including phenoxy) is 3. The summed E-state index contributed by atoms with van der Waals surface area (Å²) < 4.78 is 96.7. The first kappa shape index (κ1) is 66.0. The second-order valence-corrected chi connectivity index (χ2v) is 23.4. The number of nitrogens with zero attached hydrogens (tertiary/aromatic N) is 3. The van der Waals surface area contributed by atoms with Crippen molar-refractivity contribution >= 4 is 95.4 Å². The number of nitriles is 1. The molecule has 0 aromatic heterocycles. The SMILES string of the molecule is CCCCCCCCCCCCCCCCOc1cc(NS(=O)Oc2cc(NS(=O)Oc3cccc(S(=O)(=O)Nc4cccc5c(O)c(NC(=O)CC)cc(N=Nc6ccc(SOOC)cc6C#N)c45)c3)ccc2OCCOC)c(O)cc1C. The number of sulfonamides is 1. The largest absolute Gasteiger partial charge is 0.506 e. The van der Waals surface area contributed by atoms with E-state index in [0.29, 0.717) is 22.8 Å². The van der Waals surface area contributed by atoms with Crippen LogP contribution in [0.4, 0.5) is 34.1 Å². The average molecular weight is 1230 g/mol. The molecular formula is C59H73N7O14S4. The molecule has 6 rings (SSSR count). The molecule has 452 valence electrons. The van der Waals surface area contributed by atoms with Crippen molar-refractivity contribution in [2.75, 3.05) is 53.5 Å². The lowest BCUT2D eigenvalue weighted by Gasteiger charge is -2.16. The highest BCUT2D eigenvalue weighted by Gasteiger charge is 2.23. The van der Waals surface area contributed by atoms with Gasteiger partial charge < -0.3 is 38.1 Å². The van der Waals surface area contributed by atoms with Crippen molar-refractivity contribution in [1.82, 2.24) is 0 Å². The van der Waals surface area contributed by atoms with Crippen molar-refractivity contribution in [3.05, 3.63) is 108 Å². The second-order valence-electron chi connectivity index (χ2n) is 19.2. The number of aromatic hydroxyl groups is 2. The van der Waals surface area contributed by atoms with Gasteiger partial charge in [-0.25, -0.2) is 13.3 Å². The Morgan fingerprint density at radius 1 is 0.679 bits per heavy atom. The monoisotopic (exact) mass is 1230 g/mol. The highest BCUT2D eigenvalue weighted by atomic mass is 32.2. The molecule has 0 radical (unpaired) electrons. The van der Waals surface area contributed by atoms with Crippen molar-refractivity contribution in [3.63, 3.8) is 0 Å². The predicted molar refractivity (Wildman–Crippen MR) is 328 cm³/mol. The molecule has 1 amide bonds. The zero-order valence-electron chi connectivity index (χ0n) is 47.7. The lowest BCUT2D eigenvalue weighted by atomic mass is 10.0. The van der Waals surface area contributed by atoms with Gasteiger partial charge >= 0.3 is 22.5 Å². The number of hydrogen-bond donors (Lipinski definition) is 6. The maximum atomic E-state index is 14.2. The number of aryl methyl sites for hydroxylation is 1. The minimum Gasteiger partial charge on any atom is -0.506 e. The van der Waals surface area contributed by atoms with Gasteiger partial charge in [-0.2, -0.15) is 18.0 Å². The van der Waals surface area contributed by atoms with Gasteiger partial charge in [0, 0.05) is 47.4 Å². The van der Waals surface area contributed by atoms with E-state index in [0.717, 1.165) is 37.4 Å². The molecule has 25 heteroatoms. The molecule has 0 aliphatic carbocycles. The van der Waals surface area contributed by atoms with Gasteiger partial charge in [-0.15, -0.1) is 10.2 Å². The topological polar surface area (TPSA) is 287 Å². The molecular weight excluding hydrogens is 1160 g/mol. The molecule has 6 aromatic rings. The number of hydrogen-bond acceptors (Lipinski definition) is 18. The van der Waals surface area contributed by atoms with Crippen LogP contribution in [0.3, 0.4) is 0 Å². The van der Waals surface area contributed by atoms with Crippen molar-refractivity contribution < 1.29 is 63.6 Å². The molecule has 0 aliphatic rings. The molecule has 84 heavy (non-hydrogen) atoms. The lowest BCUT2D eigenvalue weighted by Crippen LogP contribution is -2.15. The van der Waals surface area contributed by atoms with Crippen LogP contribution in [0.15, 0.2) is 117 Å². The molecule has 0 aliphatic heterocycles. The standard InChI is InChI=1S/C59H73N7O14S4/c1-6-8-9-10-11-12-13-14-15-16-17-18-19-20-31-76-55-39-50(53(67)34-41(55)3)65-83(71)79-56-36-43(27-30-54(56)77-33-32-74-4)64-82(70)78-44-23-21-24-46(37-44)84(72,73)66-49-26-22-25-47-58(49)51(38-52(59(47)69)61-57(68)7-2)63-62-48-29-28-45(81-80-75-5)35-42(48)40-60/h21-30,34-39,64-67,69H,6-20,31-33H2,1-5H3,(H,61,68). The zero-order valence-corrected chi connectivity index (χ0v) is 51.0. The predicted octanol–water partition coefficient (Wildman–Crippen LogP) is 14.6. The quantitative estimate of drug-likeness (QED) is 0.00524. The third-order valence-corrected chi connectivity index (χ3v) is 16.4. The van der Waals surface area contributed by atoms with E-state index in [4.69, 9.17) is 26.9 Å². The van der Waals surface area contributed by atoms with Gasteiger partial charge in [0.2, 0.25) is 5.91 Å². The summed E-state index contributed by atoms with van der Waals surface area (Å²) in [7, 11) is -1.65. The first-order valence-corrected chi connectivity index (χ1v) is 32.0. The van der Waals surface area contributed by atoms with Gasteiger partial charge in [0.1, 0.15) is 41.4 Å². The van der Waals surface area contributed by atoms with E-state index in [1.807, 2.05) is 6.92 Å². The van der Waals surface area contributed by atoms with E-state index in [9.17, 15) is 37.1 Å². The number of carbonyl (C=O) groups excluding carboxylic acids is 1. The summed E-state index contributed by atoms with van der Waals surface area (Å²) in [5, 5.41) is 43.6. The van der Waals surface area contributed by atoms with Crippen LogP contribution in [0, 0.1) is 18.3 Å². The fraction of sp³-hybridized carbons (Fsp3) is 0.390. The van der Waals surface area contributed by atoms with Gasteiger partial charge in [0.15, 0.2) is 11.5 Å². The Hall–Kier alpha value is -7.18. The third-order valence-electron chi connectivity index (χ3n) is 12.9. The first-order valence-electron chi connectivity index (χ1n) is 27.7. The fourth-order valence-electron chi connectivity index (χ4n) is 8.54. The summed E-state index contributed by atoms with van der Waals surface area (Å²) in [6.07, 6.45) is 17.5. The molecule has 0 bridgehead atoms. The Bertz CT molecular complexity index is 3380. The van der Waals surface area contributed by atoms with E-state index >= 15 is 0 Å². The summed E-state index contributed by atoms with van der Waals surface area (Å²) in [6, 6.07) is 25.0. The second kappa shape index (κ2) is 34.6. The van der Waals surface area contributed by atoms with Gasteiger partial charge in [-0.1, -0.05) is 116 Å². The molecule has 0 spiro atoms. The van der Waals surface area contributed by atoms with Gasteiger partial charge in [-0.3, -0.25) is 19.0 Å². The first-order chi connectivity index (χ1) is 40.7. The number of methoxy groups -OCH3 is 1. The van der Waals surface area contributed by atoms with E-state index in [1.165, 1.54) is 164 Å². The minimum absolute atomic E-state index is 0.0110. The van der Waals surface area contributed by atoms with E-state index < -0.39 is 38.5 Å². The molecule has 21 nitrogen and oxygen atoms in total. The maximum Gasteiger partial charge on any atom is 0.316 e. The van der Waals surface area contributed by atoms with E-state index in [-0.39, 0.29) is 104 Å². The zero-order chi connectivity index (χ0) is 60.3. The number of fused-ring (bicyclic) bond motifs is 1. The highest BCUT2D eigenvalue weighted by Crippen LogP contribution is 2.44. The molecule has 0 heterocycles. The summed E-state index contributed by atoms with van der Waals surface area (Å²) in [6.45, 7) is 6.48. The van der Waals surface area contributed by atoms with E-state index in [1.54, 1.807) is 19.1 Å². The van der Waals surface area contributed by atoms with Crippen LogP contribution in [-0.4, -0.2) is 67.0 Å². The number of amides is 1. The Labute approximate surface area is 501 Å². The summed E-state index contributed by atoms with van der Waals surface area (Å²) >= 11 is -3.81. The number of benzene rings is 6. The van der Waals surface area contributed by atoms with E-state index in [2.05, 4.69) is 47.6 Å². The number of azo groups is 1. The lowest BCUT2D eigenvalue weighted by molar-refractivity contribution is -0.160. The minimum atomic E-state index is -4.49. The maximum absolute atomic E-state index is 14.2.